The van der Waals surface area contributed by atoms with Gasteiger partial charge in [0.05, 0.1) is 11.1 Å². The van der Waals surface area contributed by atoms with E-state index < -0.39 is 0 Å². The molecule has 0 saturated carbocycles. The van der Waals surface area contributed by atoms with Gasteiger partial charge in [-0.1, -0.05) is 6.42 Å². The molecular weight excluding hydrogens is 288 g/mol. The fraction of sp³-hybridized carbons (Fsp3) is 0.353. The van der Waals surface area contributed by atoms with Crippen LogP contribution in [0, 0.1) is 0 Å². The van der Waals surface area contributed by atoms with Crippen molar-refractivity contribution in [1.29, 1.82) is 0 Å². The van der Waals surface area contributed by atoms with Crippen molar-refractivity contribution in [2.24, 2.45) is 7.05 Å². The number of aromatic amines is 1. The fourth-order valence-electron chi connectivity index (χ4n) is 3.23. The first-order valence-corrected chi connectivity index (χ1v) is 8.07. The molecule has 3 aromatic heterocycles. The summed E-state index contributed by atoms with van der Waals surface area (Å²) in [5, 5.41) is 5.38. The van der Waals surface area contributed by atoms with Gasteiger partial charge < -0.3 is 9.88 Å². The van der Waals surface area contributed by atoms with Crippen LogP contribution >= 0.6 is 0 Å². The van der Waals surface area contributed by atoms with Crippen molar-refractivity contribution < 1.29 is 0 Å². The summed E-state index contributed by atoms with van der Waals surface area (Å²) in [6.07, 6.45) is 12.3. The molecule has 23 heavy (non-hydrogen) atoms. The molecule has 0 amide bonds. The molecule has 0 unspecified atom stereocenters. The van der Waals surface area contributed by atoms with Crippen molar-refractivity contribution in [1.82, 2.24) is 24.7 Å². The first-order chi connectivity index (χ1) is 11.3. The molecule has 0 fully saturated rings. The van der Waals surface area contributed by atoms with Gasteiger partial charge in [-0.25, -0.2) is 9.97 Å². The number of H-pyrrole nitrogens is 1. The minimum Gasteiger partial charge on any atom is -0.346 e. The van der Waals surface area contributed by atoms with E-state index >= 15 is 0 Å². The molecule has 0 bridgehead atoms. The van der Waals surface area contributed by atoms with Crippen molar-refractivity contribution in [3.8, 4) is 0 Å². The van der Waals surface area contributed by atoms with E-state index in [1.807, 2.05) is 30.2 Å². The summed E-state index contributed by atoms with van der Waals surface area (Å²) >= 11 is 0. The summed E-state index contributed by atoms with van der Waals surface area (Å²) in [6.45, 7) is 0.971. The predicted octanol–water partition coefficient (Wildman–Crippen LogP) is 3.11. The molecule has 1 aliphatic heterocycles. The maximum atomic E-state index is 4.54. The summed E-state index contributed by atoms with van der Waals surface area (Å²) in [6, 6.07) is 4.12. The highest BCUT2D eigenvalue weighted by Crippen LogP contribution is 2.29. The van der Waals surface area contributed by atoms with Gasteiger partial charge in [-0.3, -0.25) is 4.68 Å². The lowest BCUT2D eigenvalue weighted by Gasteiger charge is -2.24. The molecular formula is C17H20N6. The highest BCUT2D eigenvalue weighted by atomic mass is 15.3. The van der Waals surface area contributed by atoms with Gasteiger partial charge in [-0.05, 0) is 37.0 Å². The number of nitrogens with one attached hydrogen (secondary N) is 1. The van der Waals surface area contributed by atoms with Crippen molar-refractivity contribution in [2.45, 2.75) is 25.7 Å². The van der Waals surface area contributed by atoms with Crippen molar-refractivity contribution in [3.05, 3.63) is 42.7 Å². The van der Waals surface area contributed by atoms with Crippen LogP contribution in [-0.2, 0) is 7.05 Å². The van der Waals surface area contributed by atoms with Gasteiger partial charge in [0, 0.05) is 32.2 Å². The maximum absolute atomic E-state index is 4.54. The van der Waals surface area contributed by atoms with Gasteiger partial charge in [-0.15, -0.1) is 0 Å². The molecule has 1 N–H and O–H groups in total. The number of anilines is 1. The van der Waals surface area contributed by atoms with Gasteiger partial charge in [0.25, 0.3) is 0 Å². The van der Waals surface area contributed by atoms with Crippen LogP contribution in [0.5, 0.6) is 0 Å². The summed E-state index contributed by atoms with van der Waals surface area (Å²) in [5.41, 5.74) is 3.37. The Morgan fingerprint density at radius 2 is 2.09 bits per heavy atom. The molecule has 0 aliphatic carbocycles. The van der Waals surface area contributed by atoms with E-state index in [0.717, 1.165) is 29.8 Å². The van der Waals surface area contributed by atoms with E-state index in [1.54, 1.807) is 6.33 Å². The molecule has 6 nitrogen and oxygen atoms in total. The van der Waals surface area contributed by atoms with Crippen molar-refractivity contribution in [2.75, 3.05) is 11.4 Å². The molecule has 0 aromatic carbocycles. The van der Waals surface area contributed by atoms with Crippen molar-refractivity contribution >= 4 is 22.4 Å². The standard InChI is InChI=1S/C17H20N6/c1-22-15(7-9-21-22)13-5-3-2-4-10-23(11-13)17-14-6-8-18-16(14)19-12-20-17/h6-9,11-12H,2-5,10H2,1H3,(H,18,19,20)/b13-11+. The highest BCUT2D eigenvalue weighted by Gasteiger charge is 2.16. The molecule has 0 saturated heterocycles. The van der Waals surface area contributed by atoms with Gasteiger partial charge in [0.2, 0.25) is 0 Å². The highest BCUT2D eigenvalue weighted by molar-refractivity contribution is 5.88. The summed E-state index contributed by atoms with van der Waals surface area (Å²) in [5.74, 6) is 0.970. The van der Waals surface area contributed by atoms with E-state index in [0.29, 0.717) is 0 Å². The van der Waals surface area contributed by atoms with Crippen LogP contribution in [0.3, 0.4) is 0 Å². The van der Waals surface area contributed by atoms with Crippen molar-refractivity contribution in [3.63, 3.8) is 0 Å². The Morgan fingerprint density at radius 1 is 1.13 bits per heavy atom. The zero-order valence-electron chi connectivity index (χ0n) is 13.2. The molecule has 3 aromatic rings. The predicted molar refractivity (Wildman–Crippen MR) is 90.9 cm³/mol. The summed E-state index contributed by atoms with van der Waals surface area (Å²) in [7, 11) is 1.99. The Labute approximate surface area is 134 Å². The lowest BCUT2D eigenvalue weighted by Crippen LogP contribution is -2.21. The van der Waals surface area contributed by atoms with E-state index in [9.17, 15) is 0 Å². The average molecular weight is 308 g/mol. The number of hydrogen-bond acceptors (Lipinski definition) is 4. The van der Waals surface area contributed by atoms with Crippen LogP contribution in [-0.4, -0.2) is 31.3 Å². The SMILES string of the molecule is Cn1nccc1/C1=C/N(c2ncnc3[nH]ccc23)CCCCC1. The number of nitrogens with zero attached hydrogens (tertiary/aromatic N) is 5. The average Bonchev–Trinajstić information content (AvgIpc) is 3.16. The molecule has 0 atom stereocenters. The zero-order valence-corrected chi connectivity index (χ0v) is 13.2. The molecule has 6 heteroatoms. The lowest BCUT2D eigenvalue weighted by molar-refractivity contribution is 0.669. The molecule has 0 spiro atoms. The minimum absolute atomic E-state index is 0.882. The second-order valence-corrected chi connectivity index (χ2v) is 5.94. The summed E-state index contributed by atoms with van der Waals surface area (Å²) < 4.78 is 1.94. The Hall–Kier alpha value is -2.63. The Kier molecular flexibility index (Phi) is 3.57. The third-order valence-corrected chi connectivity index (χ3v) is 4.41. The van der Waals surface area contributed by atoms with Gasteiger partial charge in [-0.2, -0.15) is 5.10 Å². The maximum Gasteiger partial charge on any atom is 0.145 e. The molecule has 0 radical (unpaired) electrons. The van der Waals surface area contributed by atoms with Crippen LogP contribution in [0.1, 0.15) is 31.4 Å². The van der Waals surface area contributed by atoms with E-state index in [1.165, 1.54) is 30.5 Å². The molecule has 4 heterocycles. The number of aromatic nitrogens is 5. The molecule has 118 valence electrons. The van der Waals surface area contributed by atoms with E-state index in [-0.39, 0.29) is 0 Å². The third kappa shape index (κ3) is 2.60. The number of aryl methyl sites for hydroxylation is 1. The monoisotopic (exact) mass is 308 g/mol. The summed E-state index contributed by atoms with van der Waals surface area (Å²) in [4.78, 5) is 14.3. The Morgan fingerprint density at radius 3 is 2.96 bits per heavy atom. The number of allylic oxidation sites excluding steroid dienone is 1. The topological polar surface area (TPSA) is 62.6 Å². The number of hydrogen-bond donors (Lipinski definition) is 1. The largest absolute Gasteiger partial charge is 0.346 e. The van der Waals surface area contributed by atoms with Crippen LogP contribution in [0.4, 0.5) is 5.82 Å². The van der Waals surface area contributed by atoms with Gasteiger partial charge in [0.15, 0.2) is 0 Å². The molecule has 4 rings (SSSR count). The lowest BCUT2D eigenvalue weighted by atomic mass is 10.0. The van der Waals surface area contributed by atoms with Crippen LogP contribution < -0.4 is 4.90 Å². The van der Waals surface area contributed by atoms with Gasteiger partial charge in [0.1, 0.15) is 17.8 Å². The van der Waals surface area contributed by atoms with Crippen LogP contribution in [0.25, 0.3) is 16.6 Å². The van der Waals surface area contributed by atoms with E-state index in [4.69, 9.17) is 0 Å². The quantitative estimate of drug-likeness (QED) is 0.790. The number of fused-ring (bicyclic) bond motifs is 1. The smallest absolute Gasteiger partial charge is 0.145 e. The Balaban J connectivity index is 1.80. The number of rotatable bonds is 2. The second kappa shape index (κ2) is 5.87. The van der Waals surface area contributed by atoms with Crippen LogP contribution in [0.15, 0.2) is 37.1 Å². The zero-order chi connectivity index (χ0) is 15.6. The normalized spacial score (nSPS) is 18.5. The first kappa shape index (κ1) is 14.0. The van der Waals surface area contributed by atoms with E-state index in [2.05, 4.69) is 37.2 Å². The van der Waals surface area contributed by atoms with Gasteiger partial charge >= 0.3 is 0 Å². The third-order valence-electron chi connectivity index (χ3n) is 4.41. The van der Waals surface area contributed by atoms with Crippen LogP contribution in [0.2, 0.25) is 0 Å². The second-order valence-electron chi connectivity index (χ2n) is 5.94. The fourth-order valence-corrected chi connectivity index (χ4v) is 3.23. The first-order valence-electron chi connectivity index (χ1n) is 8.07. The molecule has 1 aliphatic rings. The Bertz CT molecular complexity index is 844. The minimum atomic E-state index is 0.882.